The van der Waals surface area contributed by atoms with Crippen LogP contribution in [-0.4, -0.2) is 34.3 Å². The van der Waals surface area contributed by atoms with Gasteiger partial charge in [-0.25, -0.2) is 0 Å². The number of rotatable bonds is 8. The lowest BCUT2D eigenvalue weighted by molar-refractivity contribution is -0.152. The summed E-state index contributed by atoms with van der Waals surface area (Å²) < 4.78 is 5.17. The Morgan fingerprint density at radius 3 is 2.55 bits per heavy atom. The number of carbonyl (C=O) groups excluding carboxylic acids is 3. The molecule has 0 aromatic rings. The summed E-state index contributed by atoms with van der Waals surface area (Å²) in [5, 5.41) is 9.20. The number of hydrogen-bond acceptors (Lipinski definition) is 5. The molecule has 0 spiro atoms. The molecule has 3 unspecified atom stereocenters. The molecule has 5 heteroatoms. The smallest absolute Gasteiger partial charge is 0.325 e. The van der Waals surface area contributed by atoms with Crippen LogP contribution in [0.25, 0.3) is 0 Å². The first-order chi connectivity index (χ1) is 9.31. The fourth-order valence-electron chi connectivity index (χ4n) is 2.49. The fraction of sp³-hybridized carbons (Fsp3) is 0.800. The summed E-state index contributed by atoms with van der Waals surface area (Å²) in [6, 6.07) is 0. The minimum atomic E-state index is -1.35. The minimum Gasteiger partial charge on any atom is -0.450 e. The minimum absolute atomic E-state index is 0.197. The van der Waals surface area contributed by atoms with Crippen LogP contribution >= 0.6 is 0 Å². The van der Waals surface area contributed by atoms with E-state index in [9.17, 15) is 19.5 Å². The van der Waals surface area contributed by atoms with Crippen molar-refractivity contribution in [1.82, 2.24) is 0 Å². The van der Waals surface area contributed by atoms with Crippen molar-refractivity contribution in [2.75, 3.05) is 0 Å². The number of hydrogen-bond donors (Lipinski definition) is 1. The van der Waals surface area contributed by atoms with E-state index in [1.165, 1.54) is 6.92 Å². The van der Waals surface area contributed by atoms with Crippen molar-refractivity contribution in [2.24, 2.45) is 5.92 Å². The van der Waals surface area contributed by atoms with Crippen molar-refractivity contribution >= 4 is 17.5 Å². The molecule has 0 radical (unpaired) electrons. The average Bonchev–Trinajstić information content (AvgIpc) is 2.55. The number of esters is 1. The van der Waals surface area contributed by atoms with Crippen LogP contribution in [0.15, 0.2) is 0 Å². The molecule has 1 aliphatic rings. The van der Waals surface area contributed by atoms with Crippen LogP contribution in [0.1, 0.15) is 59.3 Å². The van der Waals surface area contributed by atoms with Gasteiger partial charge in [0.05, 0.1) is 6.10 Å². The highest BCUT2D eigenvalue weighted by atomic mass is 16.6. The van der Waals surface area contributed by atoms with Gasteiger partial charge < -0.3 is 9.84 Å². The first kappa shape index (κ1) is 16.8. The molecule has 3 atom stereocenters. The summed E-state index contributed by atoms with van der Waals surface area (Å²) in [7, 11) is 0. The monoisotopic (exact) mass is 284 g/mol. The SMILES string of the molecule is CCCCCCC1(C)OC(=O)C(C(=O)CC(C)O)C1=O. The van der Waals surface area contributed by atoms with E-state index in [-0.39, 0.29) is 6.42 Å². The first-order valence-corrected chi connectivity index (χ1v) is 7.29. The second kappa shape index (κ2) is 6.97. The van der Waals surface area contributed by atoms with Gasteiger partial charge in [0.1, 0.15) is 0 Å². The van der Waals surface area contributed by atoms with Gasteiger partial charge in [0, 0.05) is 6.42 Å². The zero-order chi connectivity index (χ0) is 15.3. The van der Waals surface area contributed by atoms with Crippen LogP contribution < -0.4 is 0 Å². The molecular weight excluding hydrogens is 260 g/mol. The molecule has 1 aliphatic heterocycles. The van der Waals surface area contributed by atoms with Crippen molar-refractivity contribution in [2.45, 2.75) is 71.0 Å². The Kier molecular flexibility index (Phi) is 5.87. The Bertz CT molecular complexity index is 388. The summed E-state index contributed by atoms with van der Waals surface area (Å²) in [6.45, 7) is 5.12. The molecule has 1 saturated heterocycles. The lowest BCUT2D eigenvalue weighted by Gasteiger charge is -2.20. The van der Waals surface area contributed by atoms with Gasteiger partial charge in [-0.05, 0) is 26.7 Å². The number of Topliss-reactive ketones (excluding diaryl/α,β-unsaturated/α-hetero) is 2. The van der Waals surface area contributed by atoms with E-state index in [4.69, 9.17) is 4.74 Å². The molecule has 0 bridgehead atoms. The Morgan fingerprint density at radius 2 is 2.00 bits per heavy atom. The zero-order valence-electron chi connectivity index (χ0n) is 12.5. The van der Waals surface area contributed by atoms with Gasteiger partial charge in [-0.3, -0.25) is 14.4 Å². The molecule has 1 rings (SSSR count). The number of carbonyl (C=O) groups is 3. The van der Waals surface area contributed by atoms with Gasteiger partial charge >= 0.3 is 5.97 Å². The van der Waals surface area contributed by atoms with Gasteiger partial charge in [0.25, 0.3) is 0 Å². The highest BCUT2D eigenvalue weighted by Crippen LogP contribution is 2.33. The molecule has 1 heterocycles. The number of ether oxygens (including phenoxy) is 1. The van der Waals surface area contributed by atoms with E-state index in [1.807, 2.05) is 0 Å². The molecule has 0 aliphatic carbocycles. The van der Waals surface area contributed by atoms with E-state index >= 15 is 0 Å². The van der Waals surface area contributed by atoms with Crippen LogP contribution in [0.4, 0.5) is 0 Å². The molecule has 5 nitrogen and oxygen atoms in total. The van der Waals surface area contributed by atoms with Crippen LogP contribution in [0, 0.1) is 5.92 Å². The summed E-state index contributed by atoms with van der Waals surface area (Å²) in [6.07, 6.45) is 3.32. The second-order valence-corrected chi connectivity index (χ2v) is 5.78. The fourth-order valence-corrected chi connectivity index (χ4v) is 2.49. The maximum Gasteiger partial charge on any atom is 0.325 e. The number of aliphatic hydroxyl groups excluding tert-OH is 1. The molecule has 0 saturated carbocycles. The van der Waals surface area contributed by atoms with Crippen LogP contribution in [0.3, 0.4) is 0 Å². The van der Waals surface area contributed by atoms with Crippen molar-refractivity contribution in [3.8, 4) is 0 Å². The van der Waals surface area contributed by atoms with Crippen molar-refractivity contribution in [1.29, 1.82) is 0 Å². The lowest BCUT2D eigenvalue weighted by Crippen LogP contribution is -2.36. The Hall–Kier alpha value is -1.23. The molecule has 114 valence electrons. The van der Waals surface area contributed by atoms with Crippen molar-refractivity contribution in [3.63, 3.8) is 0 Å². The summed E-state index contributed by atoms with van der Waals surface area (Å²) >= 11 is 0. The molecule has 0 aromatic carbocycles. The number of ketones is 2. The maximum atomic E-state index is 12.3. The third-order valence-corrected chi connectivity index (χ3v) is 3.67. The predicted molar refractivity (Wildman–Crippen MR) is 73.1 cm³/mol. The number of unbranched alkanes of at least 4 members (excludes halogenated alkanes) is 3. The van der Waals surface area contributed by atoms with Gasteiger partial charge in [-0.1, -0.05) is 26.2 Å². The molecule has 1 fully saturated rings. The Morgan fingerprint density at radius 1 is 1.35 bits per heavy atom. The van der Waals surface area contributed by atoms with Gasteiger partial charge in [-0.15, -0.1) is 0 Å². The zero-order valence-corrected chi connectivity index (χ0v) is 12.5. The van der Waals surface area contributed by atoms with E-state index < -0.39 is 35.2 Å². The quantitative estimate of drug-likeness (QED) is 0.417. The molecular formula is C15H24O5. The largest absolute Gasteiger partial charge is 0.450 e. The van der Waals surface area contributed by atoms with Gasteiger partial charge in [-0.2, -0.15) is 0 Å². The molecule has 1 N–H and O–H groups in total. The van der Waals surface area contributed by atoms with Crippen LogP contribution in [0.2, 0.25) is 0 Å². The summed E-state index contributed by atoms with van der Waals surface area (Å²) in [5.41, 5.74) is -1.18. The van der Waals surface area contributed by atoms with E-state index in [1.54, 1.807) is 6.92 Å². The Balaban J connectivity index is 2.67. The van der Waals surface area contributed by atoms with E-state index in [0.717, 1.165) is 25.7 Å². The molecule has 0 amide bonds. The third-order valence-electron chi connectivity index (χ3n) is 3.67. The topological polar surface area (TPSA) is 80.7 Å². The van der Waals surface area contributed by atoms with Crippen LogP contribution in [0.5, 0.6) is 0 Å². The highest BCUT2D eigenvalue weighted by molar-refractivity contribution is 6.23. The molecule has 0 aromatic heterocycles. The first-order valence-electron chi connectivity index (χ1n) is 7.29. The van der Waals surface area contributed by atoms with Crippen molar-refractivity contribution in [3.05, 3.63) is 0 Å². The number of cyclic esters (lactones) is 1. The van der Waals surface area contributed by atoms with Gasteiger partial charge in [0.2, 0.25) is 0 Å². The Labute approximate surface area is 119 Å². The highest BCUT2D eigenvalue weighted by Gasteiger charge is 2.54. The third kappa shape index (κ3) is 3.88. The molecule has 20 heavy (non-hydrogen) atoms. The van der Waals surface area contributed by atoms with E-state index in [2.05, 4.69) is 6.92 Å². The normalized spacial score (nSPS) is 27.5. The standard InChI is InChI=1S/C15H24O5/c1-4-5-6-7-8-15(3)13(18)12(14(19)20-15)11(17)9-10(2)16/h10,12,16H,4-9H2,1-3H3. The lowest BCUT2D eigenvalue weighted by atomic mass is 9.86. The summed E-state index contributed by atoms with van der Waals surface area (Å²) in [4.78, 5) is 35.9. The predicted octanol–water partition coefficient (Wildman–Crippen LogP) is 1.80. The van der Waals surface area contributed by atoms with E-state index in [0.29, 0.717) is 6.42 Å². The average molecular weight is 284 g/mol. The van der Waals surface area contributed by atoms with Crippen LogP contribution in [-0.2, 0) is 19.1 Å². The second-order valence-electron chi connectivity index (χ2n) is 5.78. The van der Waals surface area contributed by atoms with Crippen molar-refractivity contribution < 1.29 is 24.2 Å². The van der Waals surface area contributed by atoms with Gasteiger partial charge in [0.15, 0.2) is 23.1 Å². The maximum absolute atomic E-state index is 12.3. The summed E-state index contributed by atoms with van der Waals surface area (Å²) in [5.74, 6) is -3.11. The number of aliphatic hydroxyl groups is 1.